The minimum absolute atomic E-state index is 0.0592. The Kier molecular flexibility index (Phi) is 4.51. The molecule has 3 atom stereocenters. The van der Waals surface area contributed by atoms with Gasteiger partial charge < -0.3 is 0 Å². The molecule has 3 aromatic rings. The third kappa shape index (κ3) is 3.25. The van der Waals surface area contributed by atoms with Crippen LogP contribution >= 0.6 is 0 Å². The predicted molar refractivity (Wildman–Crippen MR) is 105 cm³/mol. The average Bonchev–Trinajstić information content (AvgIpc) is 3.42. The number of carbonyl (C=O) groups is 1. The van der Waals surface area contributed by atoms with Crippen molar-refractivity contribution in [2.45, 2.75) is 13.3 Å². The fraction of sp³-hybridized carbons (Fsp3) is 0.250. The first-order valence-electron chi connectivity index (χ1n) is 8.59. The molecule has 4 rings (SSSR count). The van der Waals surface area contributed by atoms with Gasteiger partial charge in [-0.25, -0.2) is 0 Å². The number of anilines is 1. The van der Waals surface area contributed by atoms with E-state index >= 15 is 0 Å². The molecule has 1 aromatic carbocycles. The summed E-state index contributed by atoms with van der Waals surface area (Å²) in [5.41, 5.74) is 3.41. The summed E-state index contributed by atoms with van der Waals surface area (Å²) in [4.78, 5) is 20.9. The van der Waals surface area contributed by atoms with Gasteiger partial charge in [0.1, 0.15) is 0 Å². The summed E-state index contributed by atoms with van der Waals surface area (Å²) in [7, 11) is 0. The van der Waals surface area contributed by atoms with Crippen molar-refractivity contribution in [1.82, 2.24) is 9.97 Å². The molecule has 2 heterocycles. The Morgan fingerprint density at radius 2 is 2.19 bits per heavy atom. The first kappa shape index (κ1) is 17.2. The monoisotopic (exact) mass is 409 g/mol. The van der Waals surface area contributed by atoms with Crippen LogP contribution in [-0.2, 0) is 4.79 Å². The maximum atomic E-state index is 12.2. The number of aryl methyl sites for hydroxylation is 1. The van der Waals surface area contributed by atoms with Crippen molar-refractivity contribution in [2.24, 2.45) is 11.8 Å². The number of nitrogens with one attached hydrogen (secondary N) is 1. The molecule has 1 amide bonds. The number of rotatable bonds is 4. The molecule has 1 fully saturated rings. The molecule has 0 bridgehead atoms. The van der Waals surface area contributed by atoms with Crippen molar-refractivity contribution in [1.29, 1.82) is 0 Å². The van der Waals surface area contributed by atoms with E-state index in [0.29, 0.717) is 5.82 Å². The SMILES string of the molecule is Cc1ccncc1-c1cc([AsH2])c2cnc(NC(=O)C3CC3CO)cc2c1. The van der Waals surface area contributed by atoms with Gasteiger partial charge >= 0.3 is 160 Å². The number of fused-ring (bicyclic) bond motifs is 1. The number of hydrogen-bond donors (Lipinski definition) is 2. The minimum atomic E-state index is -0.0908. The third-order valence-electron chi connectivity index (χ3n) is 4.96. The van der Waals surface area contributed by atoms with Crippen LogP contribution in [0.4, 0.5) is 5.82 Å². The van der Waals surface area contributed by atoms with E-state index in [2.05, 4.69) is 34.3 Å². The Morgan fingerprint density at radius 3 is 2.92 bits per heavy atom. The van der Waals surface area contributed by atoms with E-state index in [9.17, 15) is 4.79 Å². The zero-order valence-electron chi connectivity index (χ0n) is 14.4. The van der Waals surface area contributed by atoms with Crippen LogP contribution in [0.2, 0.25) is 0 Å². The Balaban J connectivity index is 1.68. The number of nitrogens with zero attached hydrogens (tertiary/aromatic N) is 2. The topological polar surface area (TPSA) is 75.1 Å². The van der Waals surface area contributed by atoms with Crippen molar-refractivity contribution in [3.63, 3.8) is 0 Å². The molecule has 5 nitrogen and oxygen atoms in total. The predicted octanol–water partition coefficient (Wildman–Crippen LogP) is 1.43. The second-order valence-electron chi connectivity index (χ2n) is 6.82. The summed E-state index contributed by atoms with van der Waals surface area (Å²) in [6.45, 7) is 2.14. The number of hydrogen-bond acceptors (Lipinski definition) is 4. The molecule has 1 aliphatic carbocycles. The maximum absolute atomic E-state index is 12.2. The van der Waals surface area contributed by atoms with Gasteiger partial charge in [-0.05, 0) is 0 Å². The standard InChI is InChI=1S/C20H20AsN3O2/c1-11-2-3-22-8-16(11)12-4-13-7-19(23-9-17(13)18(21)6-12)24-20(26)15-5-14(15)10-25/h2-4,6-9,14-15,25H,5,10,21H2,1H3,(H,23,24,26). The van der Waals surface area contributed by atoms with E-state index in [1.165, 1.54) is 9.91 Å². The summed E-state index contributed by atoms with van der Waals surface area (Å²) in [5.74, 6) is 0.502. The molecule has 6 heteroatoms. The first-order valence-corrected chi connectivity index (χ1v) is 9.80. The van der Waals surface area contributed by atoms with Crippen LogP contribution in [0.1, 0.15) is 12.0 Å². The molecule has 1 saturated carbocycles. The summed E-state index contributed by atoms with van der Waals surface area (Å²) < 4.78 is 1.20. The third-order valence-corrected chi connectivity index (χ3v) is 5.97. The van der Waals surface area contributed by atoms with Gasteiger partial charge in [-0.3, -0.25) is 0 Å². The molecular weight excluding hydrogens is 389 g/mol. The van der Waals surface area contributed by atoms with Gasteiger partial charge in [-0.1, -0.05) is 0 Å². The van der Waals surface area contributed by atoms with Crippen LogP contribution in [-0.4, -0.2) is 44.4 Å². The fourth-order valence-electron chi connectivity index (χ4n) is 3.27. The van der Waals surface area contributed by atoms with E-state index in [1.54, 1.807) is 23.0 Å². The zero-order chi connectivity index (χ0) is 18.3. The van der Waals surface area contributed by atoms with Crippen molar-refractivity contribution in [3.05, 3.63) is 48.4 Å². The molecule has 2 N–H and O–H groups in total. The Labute approximate surface area is 160 Å². The number of aliphatic hydroxyl groups excluding tert-OH is 1. The molecule has 132 valence electrons. The van der Waals surface area contributed by atoms with Crippen LogP contribution in [0.25, 0.3) is 21.9 Å². The first-order chi connectivity index (χ1) is 12.6. The number of pyridine rings is 2. The summed E-state index contributed by atoms with van der Waals surface area (Å²) >= 11 is 1.54. The summed E-state index contributed by atoms with van der Waals surface area (Å²) in [5, 5.41) is 14.1. The van der Waals surface area contributed by atoms with Crippen LogP contribution in [0.3, 0.4) is 0 Å². The van der Waals surface area contributed by atoms with Gasteiger partial charge in [-0.2, -0.15) is 0 Å². The summed E-state index contributed by atoms with van der Waals surface area (Å²) in [6, 6.07) is 8.21. The Morgan fingerprint density at radius 1 is 1.35 bits per heavy atom. The van der Waals surface area contributed by atoms with E-state index in [4.69, 9.17) is 5.11 Å². The number of aromatic nitrogens is 2. The van der Waals surface area contributed by atoms with Crippen molar-refractivity contribution < 1.29 is 9.90 Å². The van der Waals surface area contributed by atoms with Crippen LogP contribution in [0.5, 0.6) is 0 Å². The second kappa shape index (κ2) is 6.82. The van der Waals surface area contributed by atoms with Crippen molar-refractivity contribution in [2.75, 3.05) is 11.9 Å². The van der Waals surface area contributed by atoms with Gasteiger partial charge in [0, 0.05) is 0 Å². The molecule has 0 radical (unpaired) electrons. The van der Waals surface area contributed by atoms with E-state index in [-0.39, 0.29) is 24.3 Å². The normalized spacial score (nSPS) is 18.7. The molecular formula is C20H20AsN3O2. The number of benzene rings is 1. The molecule has 2 aromatic heterocycles. The van der Waals surface area contributed by atoms with E-state index in [0.717, 1.165) is 28.3 Å². The average molecular weight is 409 g/mol. The van der Waals surface area contributed by atoms with Crippen LogP contribution < -0.4 is 9.67 Å². The van der Waals surface area contributed by atoms with E-state index < -0.39 is 0 Å². The van der Waals surface area contributed by atoms with Crippen molar-refractivity contribution >= 4 is 43.7 Å². The molecule has 3 unspecified atom stereocenters. The van der Waals surface area contributed by atoms with Gasteiger partial charge in [0.25, 0.3) is 0 Å². The molecule has 0 saturated heterocycles. The zero-order valence-corrected chi connectivity index (χ0v) is 16.9. The molecule has 0 aliphatic heterocycles. The van der Waals surface area contributed by atoms with Gasteiger partial charge in [0.2, 0.25) is 0 Å². The number of amides is 1. The van der Waals surface area contributed by atoms with Gasteiger partial charge in [0.05, 0.1) is 0 Å². The van der Waals surface area contributed by atoms with Gasteiger partial charge in [-0.15, -0.1) is 0 Å². The summed E-state index contributed by atoms with van der Waals surface area (Å²) in [6.07, 6.45) is 6.25. The van der Waals surface area contributed by atoms with Crippen molar-refractivity contribution in [3.8, 4) is 11.1 Å². The Bertz CT molecular complexity index is 1010. The van der Waals surface area contributed by atoms with E-state index in [1.807, 2.05) is 24.5 Å². The van der Waals surface area contributed by atoms with Gasteiger partial charge in [0.15, 0.2) is 0 Å². The molecule has 26 heavy (non-hydrogen) atoms. The number of carbonyl (C=O) groups excluding carboxylic acids is 1. The Hall–Kier alpha value is -2.23. The quantitative estimate of drug-likeness (QED) is 0.640. The van der Waals surface area contributed by atoms with Crippen LogP contribution in [0.15, 0.2) is 42.9 Å². The number of aliphatic hydroxyl groups is 1. The second-order valence-corrected chi connectivity index (χ2v) is 8.13. The molecule has 0 spiro atoms. The fourth-order valence-corrected chi connectivity index (χ4v) is 4.15. The molecule has 1 aliphatic rings. The van der Waals surface area contributed by atoms with Crippen LogP contribution in [0, 0.1) is 18.8 Å².